The number of rotatable bonds is 8. The zero-order chi connectivity index (χ0) is 15.7. The Hall–Kier alpha value is -2.30. The molecule has 1 N–H and O–H groups in total. The summed E-state index contributed by atoms with van der Waals surface area (Å²) in [5.74, 6) is 0.357. The minimum atomic E-state index is -0.168. The molecule has 2 amide bonds. The van der Waals surface area contributed by atoms with E-state index in [1.165, 1.54) is 4.90 Å². The van der Waals surface area contributed by atoms with Gasteiger partial charge in [0.05, 0.1) is 6.54 Å². The van der Waals surface area contributed by atoms with Gasteiger partial charge in [-0.15, -0.1) is 0 Å². The van der Waals surface area contributed by atoms with Crippen LogP contribution in [-0.2, 0) is 4.79 Å². The lowest BCUT2D eigenvalue weighted by atomic mass is 10.2. The van der Waals surface area contributed by atoms with Crippen LogP contribution in [0.2, 0.25) is 0 Å². The monoisotopic (exact) mass is 290 g/mol. The number of ether oxygens (including phenoxy) is 1. The molecule has 0 saturated carbocycles. The first kappa shape index (κ1) is 16.8. The molecule has 21 heavy (non-hydrogen) atoms. The lowest BCUT2D eigenvalue weighted by molar-refractivity contribution is -0.121. The third-order valence-electron chi connectivity index (χ3n) is 2.85. The van der Waals surface area contributed by atoms with Crippen LogP contribution >= 0.6 is 0 Å². The van der Waals surface area contributed by atoms with Crippen LogP contribution in [0.25, 0.3) is 0 Å². The maximum absolute atomic E-state index is 12.3. The summed E-state index contributed by atoms with van der Waals surface area (Å²) in [6.45, 7) is 8.79. The van der Waals surface area contributed by atoms with Crippen LogP contribution < -0.4 is 10.1 Å². The van der Waals surface area contributed by atoms with Crippen molar-refractivity contribution in [1.29, 1.82) is 0 Å². The highest BCUT2D eigenvalue weighted by molar-refractivity contribution is 5.96. The predicted molar refractivity (Wildman–Crippen MR) is 82.4 cm³/mol. The molecule has 0 aromatic heterocycles. The average molecular weight is 290 g/mol. The van der Waals surface area contributed by atoms with Crippen molar-refractivity contribution in [3.05, 3.63) is 42.5 Å². The van der Waals surface area contributed by atoms with Gasteiger partial charge in [-0.2, -0.15) is 0 Å². The Bertz CT molecular complexity index is 483. The largest absolute Gasteiger partial charge is 0.490 e. The average Bonchev–Trinajstić information content (AvgIpc) is 2.50. The fraction of sp³-hybridized carbons (Fsp3) is 0.375. The molecular formula is C16H22N2O3. The van der Waals surface area contributed by atoms with Crippen LogP contribution in [0.1, 0.15) is 24.2 Å². The Morgan fingerprint density at radius 2 is 1.95 bits per heavy atom. The van der Waals surface area contributed by atoms with Crippen molar-refractivity contribution in [1.82, 2.24) is 10.2 Å². The molecule has 0 fully saturated rings. The smallest absolute Gasteiger partial charge is 0.254 e. The van der Waals surface area contributed by atoms with Crippen LogP contribution in [0.5, 0.6) is 5.75 Å². The topological polar surface area (TPSA) is 58.6 Å². The summed E-state index contributed by atoms with van der Waals surface area (Å²) in [6, 6.07) is 6.86. The van der Waals surface area contributed by atoms with Crippen molar-refractivity contribution >= 4 is 11.8 Å². The molecule has 0 aliphatic heterocycles. The van der Waals surface area contributed by atoms with Crippen molar-refractivity contribution in [3.63, 3.8) is 0 Å². The van der Waals surface area contributed by atoms with E-state index in [4.69, 9.17) is 4.74 Å². The molecule has 5 nitrogen and oxygen atoms in total. The number of hydrogen-bond acceptors (Lipinski definition) is 3. The first-order valence-electron chi connectivity index (χ1n) is 7.02. The zero-order valence-corrected chi connectivity index (χ0v) is 12.6. The molecule has 0 saturated heterocycles. The zero-order valence-electron chi connectivity index (χ0n) is 12.6. The highest BCUT2D eigenvalue weighted by atomic mass is 16.5. The molecule has 1 aromatic carbocycles. The van der Waals surface area contributed by atoms with Gasteiger partial charge < -0.3 is 15.0 Å². The molecule has 0 aliphatic rings. The molecule has 0 bridgehead atoms. The van der Waals surface area contributed by atoms with E-state index < -0.39 is 0 Å². The lowest BCUT2D eigenvalue weighted by Gasteiger charge is -2.20. The fourth-order valence-corrected chi connectivity index (χ4v) is 1.79. The highest BCUT2D eigenvalue weighted by Crippen LogP contribution is 2.13. The van der Waals surface area contributed by atoms with Crippen LogP contribution in [0.3, 0.4) is 0 Å². The SMILES string of the molecule is C=CCOc1ccc(C(=O)N(CC)CC(=O)NCC)cc1. The van der Waals surface area contributed by atoms with Gasteiger partial charge in [0, 0.05) is 18.7 Å². The van der Waals surface area contributed by atoms with Crippen molar-refractivity contribution in [2.45, 2.75) is 13.8 Å². The summed E-state index contributed by atoms with van der Waals surface area (Å²) >= 11 is 0. The van der Waals surface area contributed by atoms with Crippen LogP contribution in [0.15, 0.2) is 36.9 Å². The van der Waals surface area contributed by atoms with E-state index >= 15 is 0 Å². The Morgan fingerprint density at radius 3 is 2.48 bits per heavy atom. The third kappa shape index (κ3) is 5.30. The molecule has 0 heterocycles. The molecule has 1 aromatic rings. The van der Waals surface area contributed by atoms with Gasteiger partial charge in [0.2, 0.25) is 5.91 Å². The maximum atomic E-state index is 12.3. The molecule has 0 radical (unpaired) electrons. The van der Waals surface area contributed by atoms with E-state index in [0.717, 1.165) is 0 Å². The molecule has 0 aliphatic carbocycles. The van der Waals surface area contributed by atoms with E-state index in [-0.39, 0.29) is 18.4 Å². The number of likely N-dealkylation sites (N-methyl/N-ethyl adjacent to an activating group) is 2. The second-order valence-corrected chi connectivity index (χ2v) is 4.40. The molecule has 0 spiro atoms. The van der Waals surface area contributed by atoms with Gasteiger partial charge in [0.1, 0.15) is 12.4 Å². The third-order valence-corrected chi connectivity index (χ3v) is 2.85. The van der Waals surface area contributed by atoms with Crippen molar-refractivity contribution in [3.8, 4) is 5.75 Å². The van der Waals surface area contributed by atoms with Crippen LogP contribution in [0, 0.1) is 0 Å². The number of hydrogen-bond donors (Lipinski definition) is 1. The summed E-state index contributed by atoms with van der Waals surface area (Å²) < 4.78 is 5.37. The first-order valence-corrected chi connectivity index (χ1v) is 7.02. The van der Waals surface area contributed by atoms with Gasteiger partial charge in [0.25, 0.3) is 5.91 Å². The minimum Gasteiger partial charge on any atom is -0.490 e. The fourth-order valence-electron chi connectivity index (χ4n) is 1.79. The van der Waals surface area contributed by atoms with E-state index in [9.17, 15) is 9.59 Å². The van der Waals surface area contributed by atoms with Crippen molar-refractivity contribution in [2.75, 3.05) is 26.2 Å². The second-order valence-electron chi connectivity index (χ2n) is 4.40. The Balaban J connectivity index is 2.71. The molecule has 0 atom stereocenters. The molecule has 5 heteroatoms. The predicted octanol–water partition coefficient (Wildman–Crippen LogP) is 1.85. The summed E-state index contributed by atoms with van der Waals surface area (Å²) in [5, 5.41) is 2.69. The molecule has 1 rings (SSSR count). The summed E-state index contributed by atoms with van der Waals surface area (Å²) in [7, 11) is 0. The van der Waals surface area contributed by atoms with Gasteiger partial charge in [0.15, 0.2) is 0 Å². The molecule has 0 unspecified atom stereocenters. The number of amides is 2. The van der Waals surface area contributed by atoms with Gasteiger partial charge in [-0.3, -0.25) is 9.59 Å². The molecule has 114 valence electrons. The molecular weight excluding hydrogens is 268 g/mol. The van der Waals surface area contributed by atoms with E-state index in [2.05, 4.69) is 11.9 Å². The Kier molecular flexibility index (Phi) is 7.01. The number of benzene rings is 1. The standard InChI is InChI=1S/C16H22N2O3/c1-4-11-21-14-9-7-13(8-10-14)16(20)18(6-3)12-15(19)17-5-2/h4,7-10H,1,5-6,11-12H2,2-3H3,(H,17,19). The van der Waals surface area contributed by atoms with Crippen molar-refractivity contribution in [2.24, 2.45) is 0 Å². The van der Waals surface area contributed by atoms with E-state index in [0.29, 0.717) is 31.0 Å². The van der Waals surface area contributed by atoms with E-state index in [1.54, 1.807) is 30.3 Å². The quantitative estimate of drug-likeness (QED) is 0.743. The number of nitrogens with one attached hydrogen (secondary N) is 1. The van der Waals surface area contributed by atoms with Gasteiger partial charge >= 0.3 is 0 Å². The number of carbonyl (C=O) groups excluding carboxylic acids is 2. The van der Waals surface area contributed by atoms with E-state index in [1.807, 2.05) is 13.8 Å². The Labute approximate surface area is 125 Å². The minimum absolute atomic E-state index is 0.0674. The lowest BCUT2D eigenvalue weighted by Crippen LogP contribution is -2.40. The van der Waals surface area contributed by atoms with Gasteiger partial charge in [-0.05, 0) is 38.1 Å². The summed E-state index contributed by atoms with van der Waals surface area (Å²) in [5.41, 5.74) is 0.534. The first-order chi connectivity index (χ1) is 10.1. The van der Waals surface area contributed by atoms with Gasteiger partial charge in [-0.25, -0.2) is 0 Å². The van der Waals surface area contributed by atoms with Crippen molar-refractivity contribution < 1.29 is 14.3 Å². The van der Waals surface area contributed by atoms with Gasteiger partial charge in [-0.1, -0.05) is 12.7 Å². The second kappa shape index (κ2) is 8.79. The number of nitrogens with zero attached hydrogens (tertiary/aromatic N) is 1. The summed E-state index contributed by atoms with van der Waals surface area (Å²) in [6.07, 6.45) is 1.66. The number of carbonyl (C=O) groups is 2. The summed E-state index contributed by atoms with van der Waals surface area (Å²) in [4.78, 5) is 25.4. The highest BCUT2D eigenvalue weighted by Gasteiger charge is 2.16. The Morgan fingerprint density at radius 1 is 1.29 bits per heavy atom. The van der Waals surface area contributed by atoms with Crippen LogP contribution in [0.4, 0.5) is 0 Å². The maximum Gasteiger partial charge on any atom is 0.254 e. The normalized spacial score (nSPS) is 9.81. The van der Waals surface area contributed by atoms with Crippen LogP contribution in [-0.4, -0.2) is 43.0 Å².